The minimum atomic E-state index is -0.447. The molecule has 0 atom stereocenters. The molecular weight excluding hydrogens is 304 g/mol. The largest absolute Gasteiger partial charge is 0.427 e. The summed E-state index contributed by atoms with van der Waals surface area (Å²) < 4.78 is 10.4. The molecule has 0 heterocycles. The van der Waals surface area contributed by atoms with Gasteiger partial charge in [-0.1, -0.05) is 38.1 Å². The Morgan fingerprint density at radius 2 is 1.00 bits per heavy atom. The molecular formula is C20H22O4. The molecule has 0 bridgehead atoms. The van der Waals surface area contributed by atoms with Gasteiger partial charge < -0.3 is 9.47 Å². The molecule has 4 heteroatoms. The van der Waals surface area contributed by atoms with Gasteiger partial charge in [0.15, 0.2) is 0 Å². The molecule has 0 unspecified atom stereocenters. The molecule has 0 amide bonds. The van der Waals surface area contributed by atoms with E-state index in [2.05, 4.69) is 13.8 Å². The Labute approximate surface area is 142 Å². The molecule has 0 saturated carbocycles. The molecule has 0 aliphatic heterocycles. The van der Waals surface area contributed by atoms with Crippen molar-refractivity contribution < 1.29 is 19.1 Å². The summed E-state index contributed by atoms with van der Waals surface area (Å²) in [6.45, 7) is 4.12. The molecule has 0 N–H and O–H groups in total. The average molecular weight is 326 g/mol. The molecule has 0 aliphatic rings. The van der Waals surface area contributed by atoms with Gasteiger partial charge in [-0.3, -0.25) is 9.59 Å². The number of hydrogen-bond acceptors (Lipinski definition) is 4. The third-order valence-electron chi connectivity index (χ3n) is 3.66. The Balaban J connectivity index is 1.76. The third kappa shape index (κ3) is 5.54. The van der Waals surface area contributed by atoms with Crippen LogP contribution in [-0.2, 0) is 22.4 Å². The molecule has 2 aromatic carbocycles. The van der Waals surface area contributed by atoms with E-state index in [0.717, 1.165) is 12.8 Å². The van der Waals surface area contributed by atoms with Crippen molar-refractivity contribution in [2.45, 2.75) is 39.5 Å². The standard InChI is InChI=1S/C20H22O4/c1-3-15-5-9-17(10-6-15)23-19(21)13-14-20(22)24-18-11-7-16(4-2)8-12-18/h5-12H,3-4,13-14H2,1-2H3. The molecule has 2 aromatic rings. The number of carbonyl (C=O) groups is 2. The van der Waals surface area contributed by atoms with Gasteiger partial charge in [0.25, 0.3) is 0 Å². The fourth-order valence-electron chi connectivity index (χ4n) is 2.16. The van der Waals surface area contributed by atoms with Crippen molar-refractivity contribution in [3.63, 3.8) is 0 Å². The van der Waals surface area contributed by atoms with Crippen molar-refractivity contribution in [3.8, 4) is 11.5 Å². The molecule has 0 spiro atoms. The minimum absolute atomic E-state index is 0.0125. The topological polar surface area (TPSA) is 52.6 Å². The number of hydrogen-bond donors (Lipinski definition) is 0. The van der Waals surface area contributed by atoms with E-state index >= 15 is 0 Å². The quantitative estimate of drug-likeness (QED) is 0.568. The van der Waals surface area contributed by atoms with Crippen LogP contribution in [0.4, 0.5) is 0 Å². The van der Waals surface area contributed by atoms with E-state index in [4.69, 9.17) is 9.47 Å². The van der Waals surface area contributed by atoms with E-state index in [1.54, 1.807) is 24.3 Å². The molecule has 0 aliphatic carbocycles. The lowest BCUT2D eigenvalue weighted by molar-refractivity contribution is -0.140. The second-order valence-electron chi connectivity index (χ2n) is 5.44. The summed E-state index contributed by atoms with van der Waals surface area (Å²) >= 11 is 0. The van der Waals surface area contributed by atoms with Crippen molar-refractivity contribution >= 4 is 11.9 Å². The summed E-state index contributed by atoms with van der Waals surface area (Å²) in [6.07, 6.45) is 1.83. The number of benzene rings is 2. The van der Waals surface area contributed by atoms with E-state index in [1.165, 1.54) is 11.1 Å². The lowest BCUT2D eigenvalue weighted by atomic mass is 10.2. The molecule has 0 aromatic heterocycles. The molecule has 0 radical (unpaired) electrons. The Morgan fingerprint density at radius 3 is 1.29 bits per heavy atom. The van der Waals surface area contributed by atoms with Gasteiger partial charge in [-0.05, 0) is 48.2 Å². The second kappa shape index (κ2) is 8.87. The molecule has 126 valence electrons. The summed E-state index contributed by atoms with van der Waals surface area (Å²) in [4.78, 5) is 23.6. The zero-order valence-electron chi connectivity index (χ0n) is 14.1. The van der Waals surface area contributed by atoms with Gasteiger partial charge in [0, 0.05) is 0 Å². The van der Waals surface area contributed by atoms with E-state index < -0.39 is 11.9 Å². The van der Waals surface area contributed by atoms with Crippen LogP contribution in [0.5, 0.6) is 11.5 Å². The molecule has 0 saturated heterocycles. The van der Waals surface area contributed by atoms with Crippen molar-refractivity contribution in [3.05, 3.63) is 59.7 Å². The van der Waals surface area contributed by atoms with Crippen LogP contribution in [0.2, 0.25) is 0 Å². The maximum absolute atomic E-state index is 11.8. The lowest BCUT2D eigenvalue weighted by Crippen LogP contribution is -2.14. The number of aryl methyl sites for hydroxylation is 2. The fraction of sp³-hybridized carbons (Fsp3) is 0.300. The van der Waals surface area contributed by atoms with Crippen LogP contribution in [0.25, 0.3) is 0 Å². The van der Waals surface area contributed by atoms with E-state index in [0.29, 0.717) is 11.5 Å². The maximum Gasteiger partial charge on any atom is 0.311 e. The number of esters is 2. The predicted octanol–water partition coefficient (Wildman–Crippen LogP) is 4.10. The van der Waals surface area contributed by atoms with Crippen molar-refractivity contribution in [2.24, 2.45) is 0 Å². The van der Waals surface area contributed by atoms with Crippen LogP contribution in [0.15, 0.2) is 48.5 Å². The summed E-state index contributed by atoms with van der Waals surface area (Å²) in [5.74, 6) is 0.0801. The predicted molar refractivity (Wildman–Crippen MR) is 92.1 cm³/mol. The van der Waals surface area contributed by atoms with Crippen LogP contribution in [0.1, 0.15) is 37.8 Å². The monoisotopic (exact) mass is 326 g/mol. The first-order valence-corrected chi connectivity index (χ1v) is 8.20. The van der Waals surface area contributed by atoms with Gasteiger partial charge in [0.1, 0.15) is 11.5 Å². The highest BCUT2D eigenvalue weighted by Crippen LogP contribution is 2.15. The van der Waals surface area contributed by atoms with Crippen molar-refractivity contribution in [2.75, 3.05) is 0 Å². The van der Waals surface area contributed by atoms with Crippen LogP contribution < -0.4 is 9.47 Å². The maximum atomic E-state index is 11.8. The van der Waals surface area contributed by atoms with Gasteiger partial charge >= 0.3 is 11.9 Å². The Bertz CT molecular complexity index is 610. The zero-order chi connectivity index (χ0) is 17.4. The van der Waals surface area contributed by atoms with E-state index in [-0.39, 0.29) is 12.8 Å². The first kappa shape index (κ1) is 17.7. The first-order valence-electron chi connectivity index (χ1n) is 8.20. The fourth-order valence-corrected chi connectivity index (χ4v) is 2.16. The van der Waals surface area contributed by atoms with Crippen LogP contribution in [-0.4, -0.2) is 11.9 Å². The highest BCUT2D eigenvalue weighted by molar-refractivity contribution is 5.80. The summed E-state index contributed by atoms with van der Waals surface area (Å²) in [5, 5.41) is 0. The molecule has 0 fully saturated rings. The summed E-state index contributed by atoms with van der Waals surface area (Å²) in [5.41, 5.74) is 2.35. The molecule has 4 nitrogen and oxygen atoms in total. The smallest absolute Gasteiger partial charge is 0.311 e. The highest BCUT2D eigenvalue weighted by atomic mass is 16.5. The van der Waals surface area contributed by atoms with Gasteiger partial charge in [0.05, 0.1) is 12.8 Å². The highest BCUT2D eigenvalue weighted by Gasteiger charge is 2.11. The number of carbonyl (C=O) groups excluding carboxylic acids is 2. The average Bonchev–Trinajstić information content (AvgIpc) is 2.61. The van der Waals surface area contributed by atoms with Crippen molar-refractivity contribution in [1.29, 1.82) is 0 Å². The lowest BCUT2D eigenvalue weighted by Gasteiger charge is -2.06. The van der Waals surface area contributed by atoms with Gasteiger partial charge in [-0.15, -0.1) is 0 Å². The second-order valence-corrected chi connectivity index (χ2v) is 5.44. The van der Waals surface area contributed by atoms with Gasteiger partial charge in [-0.25, -0.2) is 0 Å². The number of rotatable bonds is 7. The van der Waals surface area contributed by atoms with E-state index in [9.17, 15) is 9.59 Å². The Morgan fingerprint density at radius 1 is 0.667 bits per heavy atom. The molecule has 2 rings (SSSR count). The summed E-state index contributed by atoms with van der Waals surface area (Å²) in [6, 6.07) is 14.7. The van der Waals surface area contributed by atoms with Crippen LogP contribution in [0.3, 0.4) is 0 Å². The first-order chi connectivity index (χ1) is 11.6. The molecule has 24 heavy (non-hydrogen) atoms. The van der Waals surface area contributed by atoms with E-state index in [1.807, 2.05) is 24.3 Å². The van der Waals surface area contributed by atoms with Gasteiger partial charge in [-0.2, -0.15) is 0 Å². The minimum Gasteiger partial charge on any atom is -0.427 e. The third-order valence-corrected chi connectivity index (χ3v) is 3.66. The SMILES string of the molecule is CCc1ccc(OC(=O)CCC(=O)Oc2ccc(CC)cc2)cc1. The van der Waals surface area contributed by atoms with Crippen LogP contribution in [0, 0.1) is 0 Å². The number of ether oxygens (including phenoxy) is 2. The van der Waals surface area contributed by atoms with Crippen molar-refractivity contribution in [1.82, 2.24) is 0 Å². The Kier molecular flexibility index (Phi) is 6.55. The zero-order valence-corrected chi connectivity index (χ0v) is 14.1. The normalized spacial score (nSPS) is 10.2. The van der Waals surface area contributed by atoms with Crippen LogP contribution >= 0.6 is 0 Å². The summed E-state index contributed by atoms with van der Waals surface area (Å²) in [7, 11) is 0. The Hall–Kier alpha value is -2.62. The van der Waals surface area contributed by atoms with Gasteiger partial charge in [0.2, 0.25) is 0 Å².